The van der Waals surface area contributed by atoms with Crippen LogP contribution in [0, 0.1) is 0 Å². The Bertz CT molecular complexity index is 371. The van der Waals surface area contributed by atoms with Gasteiger partial charge in [-0.25, -0.2) is 0 Å². The van der Waals surface area contributed by atoms with Crippen LogP contribution in [0.25, 0.3) is 0 Å². The molecule has 25 heavy (non-hydrogen) atoms. The van der Waals surface area contributed by atoms with E-state index in [4.69, 9.17) is 19.7 Å². The predicted octanol–water partition coefficient (Wildman–Crippen LogP) is 4.54. The number of hydrogen-bond acceptors (Lipinski definition) is 4. The number of rotatable bonds is 8. The van der Waals surface area contributed by atoms with Gasteiger partial charge in [-0.2, -0.15) is 0 Å². The Morgan fingerprint density at radius 1 is 0.640 bits per heavy atom. The summed E-state index contributed by atoms with van der Waals surface area (Å²) in [5.41, 5.74) is 13.6. The van der Waals surface area contributed by atoms with E-state index >= 15 is 0 Å². The number of nitrogens with two attached hydrogens (primary N) is 2. The van der Waals surface area contributed by atoms with Crippen LogP contribution in [0.5, 0.6) is 0 Å². The zero-order valence-corrected chi connectivity index (χ0v) is 20.1. The molecule has 148 valence electrons. The second kappa shape index (κ2) is 9.12. The molecule has 0 saturated heterocycles. The van der Waals surface area contributed by atoms with Crippen LogP contribution in [-0.2, 0) is 8.23 Å². The van der Waals surface area contributed by atoms with Crippen LogP contribution < -0.4 is 11.5 Å². The van der Waals surface area contributed by atoms with Gasteiger partial charge in [-0.3, -0.25) is 0 Å². The summed E-state index contributed by atoms with van der Waals surface area (Å²) in [4.78, 5) is 0. The van der Waals surface area contributed by atoms with Crippen LogP contribution >= 0.6 is 0 Å². The molecule has 0 amide bonds. The van der Waals surface area contributed by atoms with Gasteiger partial charge in [-0.15, -0.1) is 0 Å². The van der Waals surface area contributed by atoms with E-state index in [1.54, 1.807) is 0 Å². The molecule has 2 saturated carbocycles. The van der Waals surface area contributed by atoms with Crippen LogP contribution in [0.1, 0.15) is 64.2 Å². The van der Waals surface area contributed by atoms with Crippen LogP contribution in [0.15, 0.2) is 0 Å². The Morgan fingerprint density at radius 3 is 1.24 bits per heavy atom. The monoisotopic (exact) mass is 402 g/mol. The molecule has 2 fully saturated rings. The highest BCUT2D eigenvalue weighted by molar-refractivity contribution is 6.90. The number of hydrogen-bond donors (Lipinski definition) is 2. The van der Waals surface area contributed by atoms with Crippen molar-refractivity contribution >= 4 is 25.2 Å². The Morgan fingerprint density at radius 2 is 0.960 bits per heavy atom. The molecule has 0 unspecified atom stereocenters. The first-order valence-corrected chi connectivity index (χ1v) is 18.8. The van der Waals surface area contributed by atoms with Crippen LogP contribution in [0.2, 0.25) is 37.3 Å². The standard InChI is InChI=1S/C18H42N2O2Si3/c1-23(2,15-19)21-25(22-24(3,4)16-20,17-11-7-5-8-12-17)18-13-9-6-10-14-18/h17-18H,5-16,19-20H2,1-4H3. The molecule has 0 aromatic rings. The van der Waals surface area contributed by atoms with Crippen LogP contribution in [0.3, 0.4) is 0 Å². The van der Waals surface area contributed by atoms with Gasteiger partial charge in [0, 0.05) is 23.4 Å². The van der Waals surface area contributed by atoms with Crippen molar-refractivity contribution in [2.24, 2.45) is 11.5 Å². The maximum atomic E-state index is 7.20. The lowest BCUT2D eigenvalue weighted by atomic mass is 9.99. The molecule has 0 radical (unpaired) electrons. The van der Waals surface area contributed by atoms with Crippen LogP contribution in [0.4, 0.5) is 0 Å². The Balaban J connectivity index is 2.41. The molecule has 2 aliphatic carbocycles. The summed E-state index contributed by atoms with van der Waals surface area (Å²) >= 11 is 0. The summed E-state index contributed by atoms with van der Waals surface area (Å²) in [6, 6.07) is 0. The van der Waals surface area contributed by atoms with Crippen molar-refractivity contribution < 1.29 is 8.23 Å². The van der Waals surface area contributed by atoms with E-state index in [2.05, 4.69) is 26.2 Å². The molecule has 0 bridgehead atoms. The third-order valence-corrected chi connectivity index (χ3v) is 18.6. The average Bonchev–Trinajstić information content (AvgIpc) is 2.62. The molecule has 0 spiro atoms. The Kier molecular flexibility index (Phi) is 7.95. The largest absolute Gasteiger partial charge is 0.435 e. The highest BCUT2D eigenvalue weighted by Crippen LogP contribution is 2.51. The Labute approximate surface area is 158 Å². The molecule has 0 aliphatic heterocycles. The van der Waals surface area contributed by atoms with Gasteiger partial charge in [-0.05, 0) is 51.9 Å². The molecule has 2 aliphatic rings. The molecule has 0 heterocycles. The topological polar surface area (TPSA) is 70.5 Å². The van der Waals surface area contributed by atoms with Gasteiger partial charge in [0.25, 0.3) is 0 Å². The third kappa shape index (κ3) is 5.73. The van der Waals surface area contributed by atoms with Crippen molar-refractivity contribution in [3.05, 3.63) is 0 Å². The zero-order valence-electron chi connectivity index (χ0n) is 17.1. The molecular formula is C18H42N2O2Si3. The predicted molar refractivity (Wildman–Crippen MR) is 115 cm³/mol. The zero-order chi connectivity index (χ0) is 18.6. The van der Waals surface area contributed by atoms with Crippen molar-refractivity contribution in [3.63, 3.8) is 0 Å². The minimum atomic E-state index is -2.34. The van der Waals surface area contributed by atoms with E-state index in [0.29, 0.717) is 23.4 Å². The quantitative estimate of drug-likeness (QED) is 0.585. The SMILES string of the molecule is C[Si](C)(CN)O[Si](O[Si](C)(C)CN)(C1CCCCC1)C1CCCCC1. The Hall–Kier alpha value is 0.491. The fourth-order valence-corrected chi connectivity index (χ4v) is 18.5. The molecule has 2 rings (SSSR count). The first-order chi connectivity index (χ1) is 11.7. The van der Waals surface area contributed by atoms with Crippen molar-refractivity contribution in [3.8, 4) is 0 Å². The van der Waals surface area contributed by atoms with Crippen molar-refractivity contribution in [2.45, 2.75) is 101 Å². The first kappa shape index (κ1) is 21.8. The van der Waals surface area contributed by atoms with Gasteiger partial charge >= 0.3 is 8.56 Å². The van der Waals surface area contributed by atoms with Gasteiger partial charge in [0.1, 0.15) is 0 Å². The van der Waals surface area contributed by atoms with E-state index < -0.39 is 25.2 Å². The van der Waals surface area contributed by atoms with Crippen molar-refractivity contribution in [2.75, 3.05) is 12.3 Å². The van der Waals surface area contributed by atoms with Gasteiger partial charge in [0.15, 0.2) is 16.6 Å². The summed E-state index contributed by atoms with van der Waals surface area (Å²) in [6.07, 6.45) is 14.7. The molecule has 7 heteroatoms. The average molecular weight is 403 g/mol. The third-order valence-electron chi connectivity index (χ3n) is 6.20. The second-order valence-corrected chi connectivity index (χ2v) is 22.1. The maximum Gasteiger partial charge on any atom is 0.324 e. The molecule has 0 aromatic heterocycles. The van der Waals surface area contributed by atoms with Gasteiger partial charge in [0.05, 0.1) is 0 Å². The lowest BCUT2D eigenvalue weighted by molar-refractivity contribution is 0.283. The molecule has 4 N–H and O–H groups in total. The maximum absolute atomic E-state index is 7.20. The first-order valence-electron chi connectivity index (χ1n) is 10.6. The lowest BCUT2D eigenvalue weighted by Crippen LogP contribution is -2.64. The summed E-state index contributed by atoms with van der Waals surface area (Å²) in [7, 11) is -6.14. The summed E-state index contributed by atoms with van der Waals surface area (Å²) in [6.45, 7) is 9.17. The lowest BCUT2D eigenvalue weighted by Gasteiger charge is -2.51. The fraction of sp³-hybridized carbons (Fsp3) is 1.00. The summed E-state index contributed by atoms with van der Waals surface area (Å²) in [5.74, 6) is 0. The smallest absolute Gasteiger partial charge is 0.324 e. The van der Waals surface area contributed by atoms with E-state index in [9.17, 15) is 0 Å². The highest BCUT2D eigenvalue weighted by atomic mass is 28.5. The summed E-state index contributed by atoms with van der Waals surface area (Å²) in [5, 5.41) is 0. The normalized spacial score (nSPS) is 22.3. The fourth-order valence-electron chi connectivity index (χ4n) is 4.64. The van der Waals surface area contributed by atoms with Crippen LogP contribution in [-0.4, -0.2) is 37.5 Å². The van der Waals surface area contributed by atoms with E-state index in [-0.39, 0.29) is 0 Å². The van der Waals surface area contributed by atoms with Crippen molar-refractivity contribution in [1.82, 2.24) is 0 Å². The minimum Gasteiger partial charge on any atom is -0.435 e. The van der Waals surface area contributed by atoms with Crippen molar-refractivity contribution in [1.29, 1.82) is 0 Å². The van der Waals surface area contributed by atoms with E-state index in [1.165, 1.54) is 64.2 Å². The van der Waals surface area contributed by atoms with Gasteiger partial charge in [0.2, 0.25) is 0 Å². The molecular weight excluding hydrogens is 360 g/mol. The second-order valence-electron chi connectivity index (χ2n) is 9.52. The molecule has 0 aromatic carbocycles. The molecule has 0 atom stereocenters. The molecule has 4 nitrogen and oxygen atoms in total. The van der Waals surface area contributed by atoms with E-state index in [1.807, 2.05) is 0 Å². The van der Waals surface area contributed by atoms with Gasteiger partial charge < -0.3 is 19.7 Å². The minimum absolute atomic E-state index is 0.654. The summed E-state index contributed by atoms with van der Waals surface area (Å²) < 4.78 is 14.4. The highest BCUT2D eigenvalue weighted by Gasteiger charge is 2.56. The van der Waals surface area contributed by atoms with E-state index in [0.717, 1.165) is 0 Å². The van der Waals surface area contributed by atoms with Gasteiger partial charge in [-0.1, -0.05) is 38.5 Å².